The summed E-state index contributed by atoms with van der Waals surface area (Å²) < 4.78 is 10.1. The lowest BCUT2D eigenvalue weighted by Crippen LogP contribution is -2.07. The molecule has 3 aromatic rings. The third-order valence-corrected chi connectivity index (χ3v) is 3.00. The summed E-state index contributed by atoms with van der Waals surface area (Å²) in [6.07, 6.45) is 4.08. The first kappa shape index (κ1) is 11.6. The van der Waals surface area contributed by atoms with Gasteiger partial charge < -0.3 is 14.1 Å². The molecule has 0 atom stereocenters. The lowest BCUT2D eigenvalue weighted by atomic mass is 10.1. The SMILES string of the molecule is O=C(OCCc1c[nH]c2ccccc12)c1ccco1. The summed E-state index contributed by atoms with van der Waals surface area (Å²) in [5, 5.41) is 1.16. The molecule has 0 saturated heterocycles. The highest BCUT2D eigenvalue weighted by Crippen LogP contribution is 2.18. The molecule has 0 amide bonds. The minimum absolute atomic E-state index is 0.235. The quantitative estimate of drug-likeness (QED) is 0.728. The third kappa shape index (κ3) is 2.38. The number of carbonyl (C=O) groups excluding carboxylic acids is 1. The smallest absolute Gasteiger partial charge is 0.374 e. The van der Waals surface area contributed by atoms with E-state index in [4.69, 9.17) is 9.15 Å². The first-order valence-electron chi connectivity index (χ1n) is 6.10. The summed E-state index contributed by atoms with van der Waals surface area (Å²) in [5.74, 6) is -0.191. The lowest BCUT2D eigenvalue weighted by Gasteiger charge is -2.02. The van der Waals surface area contributed by atoms with E-state index in [1.54, 1.807) is 12.1 Å². The summed E-state index contributed by atoms with van der Waals surface area (Å²) in [7, 11) is 0. The molecule has 0 radical (unpaired) electrons. The number of furan rings is 1. The number of aromatic amines is 1. The molecule has 0 aliphatic carbocycles. The summed E-state index contributed by atoms with van der Waals surface area (Å²) in [6.45, 7) is 0.335. The number of nitrogens with one attached hydrogen (secondary N) is 1. The van der Waals surface area contributed by atoms with Crippen molar-refractivity contribution in [3.05, 3.63) is 60.2 Å². The van der Waals surface area contributed by atoms with Gasteiger partial charge in [-0.05, 0) is 23.8 Å². The van der Waals surface area contributed by atoms with Crippen LogP contribution in [0.15, 0.2) is 53.3 Å². The van der Waals surface area contributed by atoms with Gasteiger partial charge in [0.15, 0.2) is 0 Å². The van der Waals surface area contributed by atoms with Gasteiger partial charge in [-0.2, -0.15) is 0 Å². The van der Waals surface area contributed by atoms with Gasteiger partial charge in [0.25, 0.3) is 0 Å². The van der Waals surface area contributed by atoms with Crippen molar-refractivity contribution in [3.63, 3.8) is 0 Å². The first-order valence-corrected chi connectivity index (χ1v) is 6.10. The normalized spacial score (nSPS) is 10.7. The number of para-hydroxylation sites is 1. The Labute approximate surface area is 110 Å². The van der Waals surface area contributed by atoms with Gasteiger partial charge in [-0.1, -0.05) is 18.2 Å². The molecule has 3 rings (SSSR count). The summed E-state index contributed by atoms with van der Waals surface area (Å²) in [6, 6.07) is 11.3. The van der Waals surface area contributed by atoms with E-state index in [1.165, 1.54) is 6.26 Å². The van der Waals surface area contributed by atoms with Crippen molar-refractivity contribution in [2.24, 2.45) is 0 Å². The van der Waals surface area contributed by atoms with Gasteiger partial charge in [-0.3, -0.25) is 0 Å². The number of ether oxygens (including phenoxy) is 1. The van der Waals surface area contributed by atoms with Gasteiger partial charge in [0, 0.05) is 23.5 Å². The van der Waals surface area contributed by atoms with Gasteiger partial charge in [0.05, 0.1) is 12.9 Å². The molecule has 4 nitrogen and oxygen atoms in total. The third-order valence-electron chi connectivity index (χ3n) is 3.00. The van der Waals surface area contributed by atoms with E-state index in [9.17, 15) is 4.79 Å². The number of fused-ring (bicyclic) bond motifs is 1. The Morgan fingerprint density at radius 1 is 1.21 bits per heavy atom. The number of rotatable bonds is 4. The van der Waals surface area contributed by atoms with Gasteiger partial charge in [-0.15, -0.1) is 0 Å². The second-order valence-electron chi connectivity index (χ2n) is 4.22. The Balaban J connectivity index is 1.62. The van der Waals surface area contributed by atoms with Crippen molar-refractivity contribution in [3.8, 4) is 0 Å². The fourth-order valence-electron chi connectivity index (χ4n) is 2.06. The second kappa shape index (κ2) is 5.02. The summed E-state index contributed by atoms with van der Waals surface area (Å²) >= 11 is 0. The highest BCUT2D eigenvalue weighted by atomic mass is 16.5. The molecule has 1 N–H and O–H groups in total. The van der Waals surface area contributed by atoms with Gasteiger partial charge in [0.1, 0.15) is 0 Å². The van der Waals surface area contributed by atoms with Crippen LogP contribution in [-0.4, -0.2) is 17.6 Å². The monoisotopic (exact) mass is 255 g/mol. The number of H-pyrrole nitrogens is 1. The average molecular weight is 255 g/mol. The number of aromatic nitrogens is 1. The molecule has 0 spiro atoms. The predicted octanol–water partition coefficient (Wildman–Crippen LogP) is 3.16. The van der Waals surface area contributed by atoms with E-state index in [-0.39, 0.29) is 5.76 Å². The number of benzene rings is 1. The second-order valence-corrected chi connectivity index (χ2v) is 4.22. The number of esters is 1. The maximum Gasteiger partial charge on any atom is 0.374 e. The van der Waals surface area contributed by atoms with Crippen LogP contribution in [0.5, 0.6) is 0 Å². The van der Waals surface area contributed by atoms with Crippen LogP contribution in [0, 0.1) is 0 Å². The van der Waals surface area contributed by atoms with Gasteiger partial charge >= 0.3 is 5.97 Å². The minimum atomic E-state index is -0.426. The molecular formula is C15H13NO3. The van der Waals surface area contributed by atoms with Crippen molar-refractivity contribution in [1.82, 2.24) is 4.98 Å². The van der Waals surface area contributed by atoms with E-state index in [0.29, 0.717) is 13.0 Å². The van der Waals surface area contributed by atoms with Crippen LogP contribution >= 0.6 is 0 Å². The van der Waals surface area contributed by atoms with Crippen LogP contribution < -0.4 is 0 Å². The summed E-state index contributed by atoms with van der Waals surface area (Å²) in [4.78, 5) is 14.8. The molecule has 96 valence electrons. The van der Waals surface area contributed by atoms with Crippen LogP contribution in [0.4, 0.5) is 0 Å². The molecule has 19 heavy (non-hydrogen) atoms. The Morgan fingerprint density at radius 3 is 2.95 bits per heavy atom. The largest absolute Gasteiger partial charge is 0.459 e. The Bertz CT molecular complexity index is 682. The zero-order valence-corrected chi connectivity index (χ0v) is 10.3. The molecule has 0 aliphatic rings. The fourth-order valence-corrected chi connectivity index (χ4v) is 2.06. The van der Waals surface area contributed by atoms with Crippen molar-refractivity contribution >= 4 is 16.9 Å². The van der Waals surface area contributed by atoms with Crippen LogP contribution in [0.2, 0.25) is 0 Å². The highest BCUT2D eigenvalue weighted by molar-refractivity contribution is 5.86. The molecule has 0 bridgehead atoms. The van der Waals surface area contributed by atoms with Crippen LogP contribution in [-0.2, 0) is 11.2 Å². The first-order chi connectivity index (χ1) is 9.34. The van der Waals surface area contributed by atoms with E-state index in [2.05, 4.69) is 11.1 Å². The predicted molar refractivity (Wildman–Crippen MR) is 71.0 cm³/mol. The lowest BCUT2D eigenvalue weighted by molar-refractivity contribution is 0.0473. The molecule has 0 saturated carbocycles. The maximum atomic E-state index is 11.6. The Hall–Kier alpha value is -2.49. The molecule has 0 unspecified atom stereocenters. The van der Waals surface area contributed by atoms with E-state index in [0.717, 1.165) is 16.5 Å². The molecular weight excluding hydrogens is 242 g/mol. The van der Waals surface area contributed by atoms with E-state index >= 15 is 0 Å². The highest BCUT2D eigenvalue weighted by Gasteiger charge is 2.10. The number of hydrogen-bond donors (Lipinski definition) is 1. The molecule has 0 fully saturated rings. The zero-order valence-electron chi connectivity index (χ0n) is 10.3. The molecule has 2 aromatic heterocycles. The standard InChI is InChI=1S/C15H13NO3/c17-15(14-6-3-8-18-14)19-9-7-11-10-16-13-5-2-1-4-12(11)13/h1-6,8,10,16H,7,9H2. The van der Waals surface area contributed by atoms with Gasteiger partial charge in [-0.25, -0.2) is 4.79 Å². The van der Waals surface area contributed by atoms with E-state index in [1.807, 2.05) is 24.4 Å². The number of hydrogen-bond acceptors (Lipinski definition) is 3. The van der Waals surface area contributed by atoms with Crippen molar-refractivity contribution < 1.29 is 13.9 Å². The van der Waals surface area contributed by atoms with Crippen LogP contribution in [0.1, 0.15) is 16.1 Å². The topological polar surface area (TPSA) is 55.2 Å². The Kier molecular flexibility index (Phi) is 3.06. The fraction of sp³-hybridized carbons (Fsp3) is 0.133. The molecule has 2 heterocycles. The van der Waals surface area contributed by atoms with E-state index < -0.39 is 5.97 Å². The van der Waals surface area contributed by atoms with Crippen LogP contribution in [0.3, 0.4) is 0 Å². The van der Waals surface area contributed by atoms with Gasteiger partial charge in [0.2, 0.25) is 5.76 Å². The average Bonchev–Trinajstić information content (AvgIpc) is 3.08. The van der Waals surface area contributed by atoms with Crippen molar-refractivity contribution in [1.29, 1.82) is 0 Å². The van der Waals surface area contributed by atoms with Crippen molar-refractivity contribution in [2.45, 2.75) is 6.42 Å². The summed E-state index contributed by atoms with van der Waals surface area (Å²) in [5.41, 5.74) is 2.23. The number of carbonyl (C=O) groups is 1. The zero-order chi connectivity index (χ0) is 13.1. The molecule has 1 aromatic carbocycles. The molecule has 0 aliphatic heterocycles. The maximum absolute atomic E-state index is 11.6. The van der Waals surface area contributed by atoms with Crippen molar-refractivity contribution in [2.75, 3.05) is 6.61 Å². The van der Waals surface area contributed by atoms with Crippen LogP contribution in [0.25, 0.3) is 10.9 Å². The molecule has 4 heteroatoms. The minimum Gasteiger partial charge on any atom is -0.459 e. The Morgan fingerprint density at radius 2 is 2.11 bits per heavy atom.